The lowest BCUT2D eigenvalue weighted by Crippen LogP contribution is -1.96. The lowest BCUT2D eigenvalue weighted by molar-refractivity contribution is 0.559. The number of nitrogen functional groups attached to an aromatic ring is 1. The Kier molecular flexibility index (Phi) is 1.55. The fraction of sp³-hybridized carbons (Fsp3) is 0. The van der Waals surface area contributed by atoms with Crippen molar-refractivity contribution in [2.24, 2.45) is 0 Å². The summed E-state index contributed by atoms with van der Waals surface area (Å²) in [5.41, 5.74) is 5.10. The van der Waals surface area contributed by atoms with Crippen molar-refractivity contribution in [1.29, 1.82) is 0 Å². The number of hydrogen-bond donors (Lipinski definition) is 1. The van der Waals surface area contributed by atoms with E-state index in [9.17, 15) is 9.18 Å². The molecule has 2 rings (SSSR count). The molecule has 4 heteroatoms. The summed E-state index contributed by atoms with van der Waals surface area (Å²) in [4.78, 5) is 10.8. The van der Waals surface area contributed by atoms with Crippen LogP contribution in [0.15, 0.2) is 33.5 Å². The first-order valence-electron chi connectivity index (χ1n) is 3.66. The first kappa shape index (κ1) is 7.79. The summed E-state index contributed by atoms with van der Waals surface area (Å²) in [5.74, 6) is -0.513. The molecule has 1 heterocycles. The van der Waals surface area contributed by atoms with Gasteiger partial charge in [-0.25, -0.2) is 9.18 Å². The van der Waals surface area contributed by atoms with Crippen LogP contribution in [0, 0.1) is 5.82 Å². The molecule has 13 heavy (non-hydrogen) atoms. The highest BCUT2D eigenvalue weighted by Gasteiger charge is 2.02. The van der Waals surface area contributed by atoms with Crippen molar-refractivity contribution in [2.45, 2.75) is 0 Å². The number of nitrogens with two attached hydrogens (primary N) is 1. The second-order valence-electron chi connectivity index (χ2n) is 2.67. The van der Waals surface area contributed by atoms with Gasteiger partial charge in [0.25, 0.3) is 0 Å². The molecule has 0 radical (unpaired) electrons. The average molecular weight is 179 g/mol. The highest BCUT2D eigenvalue weighted by Crippen LogP contribution is 2.18. The summed E-state index contributed by atoms with van der Waals surface area (Å²) < 4.78 is 17.7. The lowest BCUT2D eigenvalue weighted by Gasteiger charge is -1.98. The quantitative estimate of drug-likeness (QED) is 0.492. The second-order valence-corrected chi connectivity index (χ2v) is 2.67. The van der Waals surface area contributed by atoms with E-state index in [0.29, 0.717) is 11.0 Å². The monoisotopic (exact) mass is 179 g/mol. The Bertz CT molecular complexity index is 518. The van der Waals surface area contributed by atoms with Crippen LogP contribution < -0.4 is 11.4 Å². The minimum Gasteiger partial charge on any atom is -0.423 e. The molecule has 0 saturated heterocycles. The number of anilines is 1. The van der Waals surface area contributed by atoms with Crippen molar-refractivity contribution in [3.05, 3.63) is 40.5 Å². The summed E-state index contributed by atoms with van der Waals surface area (Å²) in [5, 5.41) is 0.520. The van der Waals surface area contributed by atoms with Crippen molar-refractivity contribution in [2.75, 3.05) is 5.73 Å². The van der Waals surface area contributed by atoms with Gasteiger partial charge >= 0.3 is 5.63 Å². The van der Waals surface area contributed by atoms with Crippen molar-refractivity contribution < 1.29 is 8.81 Å². The van der Waals surface area contributed by atoms with Gasteiger partial charge in [0, 0.05) is 17.5 Å². The smallest absolute Gasteiger partial charge is 0.336 e. The highest BCUT2D eigenvalue weighted by molar-refractivity contribution is 5.79. The number of rotatable bonds is 0. The van der Waals surface area contributed by atoms with Gasteiger partial charge in [-0.1, -0.05) is 0 Å². The summed E-state index contributed by atoms with van der Waals surface area (Å²) >= 11 is 0. The van der Waals surface area contributed by atoms with E-state index in [1.54, 1.807) is 0 Å². The SMILES string of the molecule is Nc1cc2oc(=O)ccc2cc1F. The maximum Gasteiger partial charge on any atom is 0.336 e. The van der Waals surface area contributed by atoms with Gasteiger partial charge < -0.3 is 10.2 Å². The fourth-order valence-electron chi connectivity index (χ4n) is 1.10. The molecule has 1 aromatic carbocycles. The van der Waals surface area contributed by atoms with Crippen molar-refractivity contribution in [1.82, 2.24) is 0 Å². The molecule has 2 aromatic rings. The number of benzene rings is 1. The Balaban J connectivity index is 2.89. The molecule has 0 fully saturated rings. The Morgan fingerprint density at radius 1 is 1.31 bits per heavy atom. The Labute approximate surface area is 72.6 Å². The molecule has 0 saturated carbocycles. The standard InChI is InChI=1S/C9H6FNO2/c10-6-3-5-1-2-9(12)13-8(5)4-7(6)11/h1-4H,11H2. The minimum absolute atomic E-state index is 0.0261. The Hall–Kier alpha value is -1.84. The van der Waals surface area contributed by atoms with Crippen LogP contribution in [-0.4, -0.2) is 0 Å². The van der Waals surface area contributed by atoms with Gasteiger partial charge in [0.1, 0.15) is 11.4 Å². The Morgan fingerprint density at radius 3 is 2.85 bits per heavy atom. The van der Waals surface area contributed by atoms with Gasteiger partial charge in [-0.2, -0.15) is 0 Å². The molecule has 1 aromatic heterocycles. The van der Waals surface area contributed by atoms with Crippen LogP contribution in [0.2, 0.25) is 0 Å². The van der Waals surface area contributed by atoms with E-state index in [4.69, 9.17) is 10.2 Å². The van der Waals surface area contributed by atoms with Gasteiger partial charge in [0.2, 0.25) is 0 Å². The first-order chi connectivity index (χ1) is 6.16. The molecule has 0 aliphatic rings. The summed E-state index contributed by atoms with van der Waals surface area (Å²) in [6.07, 6.45) is 0. The largest absolute Gasteiger partial charge is 0.423 e. The molecule has 0 atom stereocenters. The normalized spacial score (nSPS) is 10.5. The average Bonchev–Trinajstić information content (AvgIpc) is 2.08. The summed E-state index contributed by atoms with van der Waals surface area (Å²) in [7, 11) is 0. The third-order valence-electron chi connectivity index (χ3n) is 1.74. The van der Waals surface area contributed by atoms with Crippen molar-refractivity contribution in [3.63, 3.8) is 0 Å². The molecule has 0 unspecified atom stereocenters. The minimum atomic E-state index is -0.513. The molecule has 0 spiro atoms. The lowest BCUT2D eigenvalue weighted by atomic mass is 10.2. The molecule has 0 bridgehead atoms. The van der Waals surface area contributed by atoms with Crippen LogP contribution >= 0.6 is 0 Å². The van der Waals surface area contributed by atoms with Gasteiger partial charge in [0.05, 0.1) is 5.69 Å². The molecule has 0 amide bonds. The van der Waals surface area contributed by atoms with Crippen LogP contribution in [0.5, 0.6) is 0 Å². The first-order valence-corrected chi connectivity index (χ1v) is 3.66. The third kappa shape index (κ3) is 1.26. The maximum absolute atomic E-state index is 12.9. The van der Waals surface area contributed by atoms with Crippen molar-refractivity contribution in [3.8, 4) is 0 Å². The summed E-state index contributed by atoms with van der Waals surface area (Å²) in [6.45, 7) is 0. The highest BCUT2D eigenvalue weighted by atomic mass is 19.1. The number of hydrogen-bond acceptors (Lipinski definition) is 3. The number of fused-ring (bicyclic) bond motifs is 1. The predicted molar refractivity (Wildman–Crippen MR) is 46.9 cm³/mol. The van der Waals surface area contributed by atoms with Crippen LogP contribution in [0.25, 0.3) is 11.0 Å². The zero-order valence-electron chi connectivity index (χ0n) is 6.58. The van der Waals surface area contributed by atoms with Gasteiger partial charge in [-0.15, -0.1) is 0 Å². The Morgan fingerprint density at radius 2 is 2.08 bits per heavy atom. The number of halogens is 1. The van der Waals surface area contributed by atoms with Crippen LogP contribution in [0.1, 0.15) is 0 Å². The zero-order valence-corrected chi connectivity index (χ0v) is 6.58. The fourth-order valence-corrected chi connectivity index (χ4v) is 1.10. The van der Waals surface area contributed by atoms with E-state index in [1.165, 1.54) is 24.3 Å². The molecular weight excluding hydrogens is 173 g/mol. The van der Waals surface area contributed by atoms with Gasteiger partial charge in [-0.3, -0.25) is 0 Å². The van der Waals surface area contributed by atoms with Crippen LogP contribution in [0.3, 0.4) is 0 Å². The molecule has 0 aliphatic carbocycles. The van der Waals surface area contributed by atoms with Crippen LogP contribution in [0.4, 0.5) is 10.1 Å². The molecular formula is C9H6FNO2. The van der Waals surface area contributed by atoms with E-state index in [-0.39, 0.29) is 5.69 Å². The maximum atomic E-state index is 12.9. The molecule has 2 N–H and O–H groups in total. The predicted octanol–water partition coefficient (Wildman–Crippen LogP) is 1.51. The zero-order chi connectivity index (χ0) is 9.42. The van der Waals surface area contributed by atoms with Crippen LogP contribution in [-0.2, 0) is 0 Å². The molecule has 66 valence electrons. The molecule has 3 nitrogen and oxygen atoms in total. The van der Waals surface area contributed by atoms with Gasteiger partial charge in [-0.05, 0) is 12.1 Å². The van der Waals surface area contributed by atoms with Crippen molar-refractivity contribution >= 4 is 16.7 Å². The summed E-state index contributed by atoms with van der Waals surface area (Å²) in [6, 6.07) is 5.25. The third-order valence-corrected chi connectivity index (χ3v) is 1.74. The van der Waals surface area contributed by atoms with E-state index in [1.807, 2.05) is 0 Å². The topological polar surface area (TPSA) is 56.2 Å². The van der Waals surface area contributed by atoms with E-state index in [2.05, 4.69) is 0 Å². The van der Waals surface area contributed by atoms with E-state index >= 15 is 0 Å². The van der Waals surface area contributed by atoms with E-state index in [0.717, 1.165) is 0 Å². The van der Waals surface area contributed by atoms with Gasteiger partial charge in [0.15, 0.2) is 0 Å². The second kappa shape index (κ2) is 2.58. The van der Waals surface area contributed by atoms with E-state index < -0.39 is 11.4 Å². The molecule has 0 aliphatic heterocycles.